The number of hydrogen-bond donors (Lipinski definition) is 4. The summed E-state index contributed by atoms with van der Waals surface area (Å²) < 4.78 is 0. The Labute approximate surface area is 201 Å². The van der Waals surface area contributed by atoms with Gasteiger partial charge in [0, 0.05) is 38.1 Å². The van der Waals surface area contributed by atoms with E-state index in [2.05, 4.69) is 5.32 Å². The predicted molar refractivity (Wildman–Crippen MR) is 134 cm³/mol. The van der Waals surface area contributed by atoms with Gasteiger partial charge < -0.3 is 26.6 Å². The van der Waals surface area contributed by atoms with Gasteiger partial charge in [-0.25, -0.2) is 0 Å². The molecule has 0 bridgehead atoms. The molecule has 1 fully saturated rings. The summed E-state index contributed by atoms with van der Waals surface area (Å²) in [4.78, 5) is 30.3. The first kappa shape index (κ1) is 25.2. The monoisotopic (exact) mass is 464 g/mol. The summed E-state index contributed by atoms with van der Waals surface area (Å²) in [6.07, 6.45) is 2.53. The Kier molecular flexibility index (Phi) is 9.04. The molecule has 0 unspecified atom stereocenters. The van der Waals surface area contributed by atoms with E-state index in [0.29, 0.717) is 38.9 Å². The first-order valence-corrected chi connectivity index (χ1v) is 11.9. The molecule has 2 amide bonds. The third-order valence-corrected chi connectivity index (χ3v) is 6.37. The standard InChI is InChI=1S/C26H36N6O2/c1-19-17-32(25(34)24(27)21-11-6-3-7-12-21)22(13-8-16-30-26(28)29)18-31(19)23(33)15-14-20-9-4-2-5-10-20/h2-7,9-12,19,22,24H,8,13-18,27H2,1H3,(H4,28,29,30)/t19-,22+,24-/m1/s1. The highest BCUT2D eigenvalue weighted by atomic mass is 16.2. The van der Waals surface area contributed by atoms with Gasteiger partial charge in [-0.1, -0.05) is 60.7 Å². The van der Waals surface area contributed by atoms with Crippen LogP contribution in [-0.2, 0) is 16.0 Å². The van der Waals surface area contributed by atoms with Crippen LogP contribution in [0, 0.1) is 5.41 Å². The highest BCUT2D eigenvalue weighted by molar-refractivity contribution is 5.84. The number of aryl methyl sites for hydroxylation is 1. The Bertz CT molecular complexity index is 952. The molecule has 0 spiro atoms. The fraction of sp³-hybridized carbons (Fsp3) is 0.423. The number of carbonyl (C=O) groups excluding carboxylic acids is 2. The van der Waals surface area contributed by atoms with E-state index < -0.39 is 6.04 Å². The van der Waals surface area contributed by atoms with Gasteiger partial charge in [0.25, 0.3) is 0 Å². The quantitative estimate of drug-likeness (QED) is 0.256. The Morgan fingerprint density at radius 3 is 2.35 bits per heavy atom. The lowest BCUT2D eigenvalue weighted by Crippen LogP contribution is -2.61. The molecule has 0 aliphatic carbocycles. The molecule has 0 aromatic heterocycles. The summed E-state index contributed by atoms with van der Waals surface area (Å²) in [5, 5.41) is 10.2. The molecule has 8 heteroatoms. The topological polar surface area (TPSA) is 129 Å². The SMILES string of the molecule is C[C@@H]1CN(C(=O)[C@H](N)c2ccccc2)[C@@H](CCCNC(=N)N)CN1C(=O)CCc1ccccc1. The van der Waals surface area contributed by atoms with E-state index in [9.17, 15) is 9.59 Å². The molecule has 1 heterocycles. The molecule has 34 heavy (non-hydrogen) atoms. The van der Waals surface area contributed by atoms with Crippen molar-refractivity contribution in [2.45, 2.75) is 50.7 Å². The zero-order valence-electron chi connectivity index (χ0n) is 19.8. The second-order valence-corrected chi connectivity index (χ2v) is 8.90. The molecule has 1 saturated heterocycles. The van der Waals surface area contributed by atoms with Crippen LogP contribution in [-0.4, -0.2) is 59.3 Å². The minimum atomic E-state index is -0.744. The van der Waals surface area contributed by atoms with E-state index in [4.69, 9.17) is 16.9 Å². The average molecular weight is 465 g/mol. The Morgan fingerprint density at radius 2 is 1.71 bits per heavy atom. The van der Waals surface area contributed by atoms with Crippen molar-refractivity contribution in [2.75, 3.05) is 19.6 Å². The third kappa shape index (κ3) is 6.81. The van der Waals surface area contributed by atoms with E-state index in [1.165, 1.54) is 0 Å². The van der Waals surface area contributed by atoms with Crippen molar-refractivity contribution >= 4 is 17.8 Å². The molecule has 1 aliphatic rings. The lowest BCUT2D eigenvalue weighted by atomic mass is 9.98. The maximum absolute atomic E-state index is 13.4. The first-order valence-electron chi connectivity index (χ1n) is 11.9. The number of benzene rings is 2. The van der Waals surface area contributed by atoms with Gasteiger partial charge in [0.05, 0.1) is 0 Å². The number of carbonyl (C=O) groups is 2. The second-order valence-electron chi connectivity index (χ2n) is 8.90. The molecule has 3 rings (SSSR count). The number of hydrogen-bond acceptors (Lipinski definition) is 4. The summed E-state index contributed by atoms with van der Waals surface area (Å²) in [5.74, 6) is -0.101. The predicted octanol–water partition coefficient (Wildman–Crippen LogP) is 2.01. The minimum absolute atomic E-state index is 0.0750. The number of rotatable bonds is 9. The lowest BCUT2D eigenvalue weighted by Gasteiger charge is -2.46. The van der Waals surface area contributed by atoms with Crippen molar-refractivity contribution in [1.82, 2.24) is 15.1 Å². The van der Waals surface area contributed by atoms with E-state index in [0.717, 1.165) is 17.5 Å². The fourth-order valence-electron chi connectivity index (χ4n) is 4.48. The molecule has 1 aliphatic heterocycles. The average Bonchev–Trinajstić information content (AvgIpc) is 2.85. The van der Waals surface area contributed by atoms with Gasteiger partial charge >= 0.3 is 0 Å². The van der Waals surface area contributed by atoms with Gasteiger partial charge in [-0.05, 0) is 37.3 Å². The van der Waals surface area contributed by atoms with Crippen LogP contribution in [0.15, 0.2) is 60.7 Å². The Hall–Kier alpha value is -3.39. The lowest BCUT2D eigenvalue weighted by molar-refractivity contribution is -0.147. The van der Waals surface area contributed by atoms with Gasteiger partial charge in [0.2, 0.25) is 11.8 Å². The van der Waals surface area contributed by atoms with Crippen LogP contribution in [0.5, 0.6) is 0 Å². The van der Waals surface area contributed by atoms with E-state index in [-0.39, 0.29) is 29.9 Å². The zero-order valence-corrected chi connectivity index (χ0v) is 19.8. The molecule has 2 aromatic rings. The number of piperazine rings is 1. The maximum Gasteiger partial charge on any atom is 0.244 e. The van der Waals surface area contributed by atoms with Crippen LogP contribution in [0.25, 0.3) is 0 Å². The van der Waals surface area contributed by atoms with E-state index in [1.807, 2.05) is 77.4 Å². The van der Waals surface area contributed by atoms with Gasteiger partial charge in [-0.3, -0.25) is 15.0 Å². The molecule has 6 N–H and O–H groups in total. The number of nitrogens with zero attached hydrogens (tertiary/aromatic N) is 2. The van der Waals surface area contributed by atoms with Crippen molar-refractivity contribution in [3.63, 3.8) is 0 Å². The molecular formula is C26H36N6O2. The summed E-state index contributed by atoms with van der Waals surface area (Å²) in [7, 11) is 0. The van der Waals surface area contributed by atoms with Crippen molar-refractivity contribution in [2.24, 2.45) is 11.5 Å². The number of nitrogens with one attached hydrogen (secondary N) is 2. The molecule has 0 saturated carbocycles. The second kappa shape index (κ2) is 12.2. The largest absolute Gasteiger partial charge is 0.370 e. The maximum atomic E-state index is 13.4. The van der Waals surface area contributed by atoms with Crippen molar-refractivity contribution in [3.8, 4) is 0 Å². The zero-order chi connectivity index (χ0) is 24.5. The molecular weight excluding hydrogens is 428 g/mol. The van der Waals surface area contributed by atoms with Gasteiger partial charge in [0.1, 0.15) is 6.04 Å². The first-order chi connectivity index (χ1) is 16.4. The molecule has 2 aromatic carbocycles. The van der Waals surface area contributed by atoms with Crippen LogP contribution in [0.3, 0.4) is 0 Å². The minimum Gasteiger partial charge on any atom is -0.370 e. The van der Waals surface area contributed by atoms with Crippen LogP contribution < -0.4 is 16.8 Å². The Balaban J connectivity index is 1.69. The van der Waals surface area contributed by atoms with E-state index in [1.54, 1.807) is 0 Å². The van der Waals surface area contributed by atoms with Crippen molar-refractivity contribution in [3.05, 3.63) is 71.8 Å². The third-order valence-electron chi connectivity index (χ3n) is 6.37. The van der Waals surface area contributed by atoms with Gasteiger partial charge in [0.15, 0.2) is 5.96 Å². The van der Waals surface area contributed by atoms with Gasteiger partial charge in [-0.15, -0.1) is 0 Å². The van der Waals surface area contributed by atoms with Crippen LogP contribution in [0.4, 0.5) is 0 Å². The smallest absolute Gasteiger partial charge is 0.244 e. The van der Waals surface area contributed by atoms with Crippen LogP contribution >= 0.6 is 0 Å². The number of amides is 2. The van der Waals surface area contributed by atoms with Crippen LogP contribution in [0.1, 0.15) is 43.4 Å². The summed E-state index contributed by atoms with van der Waals surface area (Å²) in [5.41, 5.74) is 13.7. The van der Waals surface area contributed by atoms with Crippen molar-refractivity contribution in [1.29, 1.82) is 5.41 Å². The normalized spacial score (nSPS) is 18.9. The van der Waals surface area contributed by atoms with Crippen LogP contribution in [0.2, 0.25) is 0 Å². The summed E-state index contributed by atoms with van der Waals surface area (Å²) in [6, 6.07) is 18.4. The number of nitrogens with two attached hydrogens (primary N) is 2. The molecule has 0 radical (unpaired) electrons. The highest BCUT2D eigenvalue weighted by Crippen LogP contribution is 2.24. The molecule has 182 valence electrons. The Morgan fingerprint density at radius 1 is 1.06 bits per heavy atom. The molecule has 8 nitrogen and oxygen atoms in total. The highest BCUT2D eigenvalue weighted by Gasteiger charge is 2.37. The fourth-order valence-corrected chi connectivity index (χ4v) is 4.48. The molecule has 3 atom stereocenters. The summed E-state index contributed by atoms with van der Waals surface area (Å²) >= 11 is 0. The summed E-state index contributed by atoms with van der Waals surface area (Å²) in [6.45, 7) is 3.45. The van der Waals surface area contributed by atoms with Crippen molar-refractivity contribution < 1.29 is 9.59 Å². The number of guanidine groups is 1. The van der Waals surface area contributed by atoms with Gasteiger partial charge in [-0.2, -0.15) is 0 Å². The van der Waals surface area contributed by atoms with E-state index >= 15 is 0 Å².